The van der Waals surface area contributed by atoms with E-state index in [1.807, 2.05) is 0 Å². The minimum Gasteiger partial charge on any atom is -0.342 e. The van der Waals surface area contributed by atoms with Crippen molar-refractivity contribution in [2.75, 3.05) is 13.1 Å². The lowest BCUT2D eigenvalue weighted by Crippen LogP contribution is -2.42. The molecule has 0 aliphatic carbocycles. The minimum absolute atomic E-state index is 0.283. The van der Waals surface area contributed by atoms with E-state index in [9.17, 15) is 4.79 Å². The molecule has 0 aromatic heterocycles. The summed E-state index contributed by atoms with van der Waals surface area (Å²) < 4.78 is 0. The maximum Gasteiger partial charge on any atom is 0.225 e. The van der Waals surface area contributed by atoms with Crippen LogP contribution in [-0.2, 0) is 4.79 Å². The second-order valence-electron chi connectivity index (χ2n) is 5.28. The topological polar surface area (TPSA) is 20.3 Å². The van der Waals surface area contributed by atoms with Crippen molar-refractivity contribution in [1.29, 1.82) is 0 Å². The normalized spacial score (nSPS) is 23.2. The van der Waals surface area contributed by atoms with E-state index in [1.54, 1.807) is 0 Å². The molecule has 2 unspecified atom stereocenters. The van der Waals surface area contributed by atoms with Crippen molar-refractivity contribution in [3.63, 3.8) is 0 Å². The van der Waals surface area contributed by atoms with Gasteiger partial charge in [0.05, 0.1) is 0 Å². The van der Waals surface area contributed by atoms with Gasteiger partial charge in [0.15, 0.2) is 0 Å². The van der Waals surface area contributed by atoms with Crippen molar-refractivity contribution in [2.24, 2.45) is 11.8 Å². The third-order valence-corrected chi connectivity index (χ3v) is 3.72. The summed E-state index contributed by atoms with van der Waals surface area (Å²) in [6.07, 6.45) is 6.95. The fraction of sp³-hybridized carbons (Fsp3) is 0.929. The smallest absolute Gasteiger partial charge is 0.225 e. The fourth-order valence-corrected chi connectivity index (χ4v) is 2.60. The third kappa shape index (κ3) is 3.80. The van der Waals surface area contributed by atoms with Gasteiger partial charge in [-0.1, -0.05) is 33.6 Å². The lowest BCUT2D eigenvalue weighted by molar-refractivity contribution is -0.137. The largest absolute Gasteiger partial charge is 0.342 e. The van der Waals surface area contributed by atoms with Crippen LogP contribution in [0.2, 0.25) is 0 Å². The number of carbonyl (C=O) groups is 1. The second-order valence-corrected chi connectivity index (χ2v) is 5.28. The van der Waals surface area contributed by atoms with Crippen molar-refractivity contribution in [2.45, 2.75) is 59.3 Å². The maximum atomic E-state index is 12.3. The van der Waals surface area contributed by atoms with Crippen LogP contribution in [0.1, 0.15) is 59.3 Å². The van der Waals surface area contributed by atoms with Crippen LogP contribution in [0, 0.1) is 11.8 Å². The molecule has 2 nitrogen and oxygen atoms in total. The molecular weight excluding hydrogens is 198 g/mol. The Morgan fingerprint density at radius 2 is 2.19 bits per heavy atom. The molecule has 1 amide bonds. The van der Waals surface area contributed by atoms with E-state index >= 15 is 0 Å². The predicted molar refractivity (Wildman–Crippen MR) is 68.3 cm³/mol. The number of amides is 1. The molecule has 1 aliphatic rings. The number of piperidine rings is 1. The second kappa shape index (κ2) is 6.93. The van der Waals surface area contributed by atoms with Crippen LogP contribution in [0.4, 0.5) is 0 Å². The van der Waals surface area contributed by atoms with Crippen LogP contribution < -0.4 is 0 Å². The van der Waals surface area contributed by atoms with E-state index in [-0.39, 0.29) is 5.92 Å². The van der Waals surface area contributed by atoms with E-state index < -0.39 is 0 Å². The molecule has 0 saturated carbocycles. The predicted octanol–water partition coefficient (Wildman–Crippen LogP) is 3.46. The van der Waals surface area contributed by atoms with Gasteiger partial charge in [-0.25, -0.2) is 0 Å². The SMILES string of the molecule is CCCCC(CC)C(=O)N1CCCC(C)C1. The third-order valence-electron chi connectivity index (χ3n) is 3.72. The average molecular weight is 225 g/mol. The van der Waals surface area contributed by atoms with Gasteiger partial charge in [-0.2, -0.15) is 0 Å². The number of rotatable bonds is 5. The molecule has 94 valence electrons. The summed E-state index contributed by atoms with van der Waals surface area (Å²) in [6.45, 7) is 8.57. The zero-order valence-electron chi connectivity index (χ0n) is 11.2. The number of hydrogen-bond acceptors (Lipinski definition) is 1. The summed E-state index contributed by atoms with van der Waals surface area (Å²) in [6, 6.07) is 0. The van der Waals surface area contributed by atoms with Gasteiger partial charge in [-0.3, -0.25) is 4.79 Å². The molecule has 0 radical (unpaired) electrons. The van der Waals surface area contributed by atoms with Crippen LogP contribution in [0.15, 0.2) is 0 Å². The monoisotopic (exact) mass is 225 g/mol. The summed E-state index contributed by atoms with van der Waals surface area (Å²) in [5, 5.41) is 0. The molecule has 0 aromatic carbocycles. The Morgan fingerprint density at radius 1 is 1.44 bits per heavy atom. The lowest BCUT2D eigenvalue weighted by Gasteiger charge is -2.33. The highest BCUT2D eigenvalue weighted by Gasteiger charge is 2.25. The number of likely N-dealkylation sites (tertiary alicyclic amines) is 1. The Labute approximate surface area is 100 Å². The van der Waals surface area contributed by atoms with E-state index in [2.05, 4.69) is 25.7 Å². The molecule has 1 saturated heterocycles. The van der Waals surface area contributed by atoms with Gasteiger partial charge >= 0.3 is 0 Å². The minimum atomic E-state index is 0.283. The molecule has 0 spiro atoms. The molecular formula is C14H27NO. The Bertz CT molecular complexity index is 215. The van der Waals surface area contributed by atoms with Crippen LogP contribution in [-0.4, -0.2) is 23.9 Å². The lowest BCUT2D eigenvalue weighted by atomic mass is 9.94. The molecule has 1 heterocycles. The molecule has 16 heavy (non-hydrogen) atoms. The van der Waals surface area contributed by atoms with E-state index in [0.29, 0.717) is 11.8 Å². The van der Waals surface area contributed by atoms with Gasteiger partial charge in [0.2, 0.25) is 5.91 Å². The first kappa shape index (κ1) is 13.5. The van der Waals surface area contributed by atoms with Crippen molar-refractivity contribution in [3.8, 4) is 0 Å². The quantitative estimate of drug-likeness (QED) is 0.701. The molecule has 1 aliphatic heterocycles. The Kier molecular flexibility index (Phi) is 5.86. The molecule has 2 atom stereocenters. The summed E-state index contributed by atoms with van der Waals surface area (Å²) in [5.41, 5.74) is 0. The summed E-state index contributed by atoms with van der Waals surface area (Å²) in [4.78, 5) is 14.4. The maximum absolute atomic E-state index is 12.3. The first-order valence-corrected chi connectivity index (χ1v) is 6.97. The molecule has 0 bridgehead atoms. The van der Waals surface area contributed by atoms with Gasteiger partial charge in [-0.15, -0.1) is 0 Å². The number of hydrogen-bond donors (Lipinski definition) is 0. The average Bonchev–Trinajstić information content (AvgIpc) is 2.29. The van der Waals surface area contributed by atoms with Gasteiger partial charge < -0.3 is 4.90 Å². The van der Waals surface area contributed by atoms with Gasteiger partial charge in [0.25, 0.3) is 0 Å². The standard InChI is InChI=1S/C14H27NO/c1-4-6-9-13(5-2)14(16)15-10-7-8-12(3)11-15/h12-13H,4-11H2,1-3H3. The van der Waals surface area contributed by atoms with Gasteiger partial charge in [-0.05, 0) is 31.6 Å². The first-order valence-electron chi connectivity index (χ1n) is 6.97. The van der Waals surface area contributed by atoms with Crippen LogP contribution >= 0.6 is 0 Å². The molecule has 1 fully saturated rings. The highest BCUT2D eigenvalue weighted by atomic mass is 16.2. The zero-order valence-corrected chi connectivity index (χ0v) is 11.2. The van der Waals surface area contributed by atoms with Gasteiger partial charge in [0, 0.05) is 19.0 Å². The first-order chi connectivity index (χ1) is 7.69. The van der Waals surface area contributed by atoms with Crippen molar-refractivity contribution in [1.82, 2.24) is 4.90 Å². The Balaban J connectivity index is 2.46. The Morgan fingerprint density at radius 3 is 2.75 bits per heavy atom. The Hall–Kier alpha value is -0.530. The van der Waals surface area contributed by atoms with Crippen molar-refractivity contribution >= 4 is 5.91 Å². The molecule has 1 rings (SSSR count). The molecule has 0 aromatic rings. The number of unbranched alkanes of at least 4 members (excludes halogenated alkanes) is 1. The summed E-state index contributed by atoms with van der Waals surface area (Å²) in [7, 11) is 0. The van der Waals surface area contributed by atoms with E-state index in [0.717, 1.165) is 25.9 Å². The van der Waals surface area contributed by atoms with Crippen LogP contribution in [0.5, 0.6) is 0 Å². The number of carbonyl (C=O) groups excluding carboxylic acids is 1. The van der Waals surface area contributed by atoms with Crippen LogP contribution in [0.25, 0.3) is 0 Å². The fourth-order valence-electron chi connectivity index (χ4n) is 2.60. The van der Waals surface area contributed by atoms with Crippen molar-refractivity contribution in [3.05, 3.63) is 0 Å². The summed E-state index contributed by atoms with van der Waals surface area (Å²) >= 11 is 0. The summed E-state index contributed by atoms with van der Waals surface area (Å²) in [5.74, 6) is 1.40. The zero-order chi connectivity index (χ0) is 12.0. The van der Waals surface area contributed by atoms with Crippen molar-refractivity contribution < 1.29 is 4.79 Å². The highest BCUT2D eigenvalue weighted by Crippen LogP contribution is 2.21. The van der Waals surface area contributed by atoms with E-state index in [4.69, 9.17) is 0 Å². The molecule has 2 heteroatoms. The highest BCUT2D eigenvalue weighted by molar-refractivity contribution is 5.78. The van der Waals surface area contributed by atoms with E-state index in [1.165, 1.54) is 25.7 Å². The van der Waals surface area contributed by atoms with Gasteiger partial charge in [0.1, 0.15) is 0 Å². The molecule has 0 N–H and O–H groups in total. The number of nitrogens with zero attached hydrogens (tertiary/aromatic N) is 1. The van der Waals surface area contributed by atoms with Crippen LogP contribution in [0.3, 0.4) is 0 Å².